The molecule has 3 rings (SSSR count). The Hall–Kier alpha value is -1.60. The maximum absolute atomic E-state index is 13.5. The lowest BCUT2D eigenvalue weighted by atomic mass is 10.1. The summed E-state index contributed by atoms with van der Waals surface area (Å²) in [4.78, 5) is 15.6. The molecule has 0 spiro atoms. The van der Waals surface area contributed by atoms with Crippen LogP contribution in [0.2, 0.25) is 0 Å². The Morgan fingerprint density at radius 3 is 2.24 bits per heavy atom. The van der Waals surface area contributed by atoms with Crippen molar-refractivity contribution in [2.24, 2.45) is 0 Å². The van der Waals surface area contributed by atoms with Gasteiger partial charge in [0.05, 0.1) is 17.6 Å². The van der Waals surface area contributed by atoms with E-state index in [2.05, 4.69) is 0 Å². The summed E-state index contributed by atoms with van der Waals surface area (Å²) < 4.78 is 33.5. The Labute approximate surface area is 175 Å². The topological polar surface area (TPSA) is 66.9 Å². The first-order valence-electron chi connectivity index (χ1n) is 10.9. The van der Waals surface area contributed by atoms with Crippen molar-refractivity contribution < 1.29 is 17.9 Å². The third-order valence-corrected chi connectivity index (χ3v) is 8.01. The second-order valence-corrected chi connectivity index (χ2v) is 10.4. The van der Waals surface area contributed by atoms with Gasteiger partial charge in [-0.05, 0) is 57.7 Å². The van der Waals surface area contributed by atoms with Crippen LogP contribution in [0.25, 0.3) is 0 Å². The maximum Gasteiger partial charge on any atom is 0.258 e. The van der Waals surface area contributed by atoms with Crippen molar-refractivity contribution in [3.8, 4) is 5.75 Å². The summed E-state index contributed by atoms with van der Waals surface area (Å²) in [5.74, 6) is 0.283. The van der Waals surface area contributed by atoms with Crippen LogP contribution >= 0.6 is 0 Å². The Kier molecular flexibility index (Phi) is 7.22. The smallest absolute Gasteiger partial charge is 0.258 e. The van der Waals surface area contributed by atoms with Gasteiger partial charge in [-0.3, -0.25) is 4.79 Å². The zero-order valence-electron chi connectivity index (χ0n) is 17.9. The fourth-order valence-corrected chi connectivity index (χ4v) is 6.13. The Morgan fingerprint density at radius 2 is 1.69 bits per heavy atom. The zero-order chi connectivity index (χ0) is 21.0. The van der Waals surface area contributed by atoms with Crippen LogP contribution < -0.4 is 4.74 Å². The molecule has 1 amide bonds. The first kappa shape index (κ1) is 22.1. The predicted octanol–water partition coefficient (Wildman–Crippen LogP) is 4.05. The summed E-state index contributed by atoms with van der Waals surface area (Å²) in [6.45, 7) is 5.11. The third kappa shape index (κ3) is 4.77. The predicted molar refractivity (Wildman–Crippen MR) is 114 cm³/mol. The molecule has 0 atom stereocenters. The van der Waals surface area contributed by atoms with Crippen LogP contribution in [0.4, 0.5) is 0 Å². The van der Waals surface area contributed by atoms with Gasteiger partial charge < -0.3 is 9.64 Å². The van der Waals surface area contributed by atoms with E-state index in [1.165, 1.54) is 13.2 Å². The first-order valence-corrected chi connectivity index (χ1v) is 12.3. The van der Waals surface area contributed by atoms with Crippen LogP contribution in [0.15, 0.2) is 23.1 Å². The Bertz CT molecular complexity index is 808. The number of benzene rings is 1. The Morgan fingerprint density at radius 1 is 1.07 bits per heavy atom. The highest BCUT2D eigenvalue weighted by atomic mass is 32.2. The van der Waals surface area contributed by atoms with E-state index in [1.54, 1.807) is 16.4 Å². The lowest BCUT2D eigenvalue weighted by Gasteiger charge is -2.33. The molecule has 162 valence electrons. The molecule has 29 heavy (non-hydrogen) atoms. The third-order valence-electron chi connectivity index (χ3n) is 6.11. The summed E-state index contributed by atoms with van der Waals surface area (Å²) in [6.07, 6.45) is 8.12. The van der Waals surface area contributed by atoms with Crippen molar-refractivity contribution in [2.75, 3.05) is 20.2 Å². The van der Waals surface area contributed by atoms with Crippen molar-refractivity contribution in [3.63, 3.8) is 0 Å². The molecule has 1 aliphatic carbocycles. The molecule has 0 N–H and O–H groups in total. The first-order chi connectivity index (χ1) is 13.9. The molecule has 1 aliphatic heterocycles. The highest BCUT2D eigenvalue weighted by Gasteiger charge is 2.32. The number of hydrogen-bond acceptors (Lipinski definition) is 4. The summed E-state index contributed by atoms with van der Waals surface area (Å²) >= 11 is 0. The van der Waals surface area contributed by atoms with Gasteiger partial charge in [0.15, 0.2) is 0 Å². The van der Waals surface area contributed by atoms with Crippen molar-refractivity contribution >= 4 is 15.9 Å². The zero-order valence-corrected chi connectivity index (χ0v) is 18.7. The maximum atomic E-state index is 13.5. The lowest BCUT2D eigenvalue weighted by Crippen LogP contribution is -2.43. The molecule has 6 nitrogen and oxygen atoms in total. The fourth-order valence-electron chi connectivity index (χ4n) is 4.59. The van der Waals surface area contributed by atoms with E-state index < -0.39 is 10.0 Å². The van der Waals surface area contributed by atoms with Gasteiger partial charge in [-0.2, -0.15) is 4.31 Å². The largest absolute Gasteiger partial charge is 0.496 e. The van der Waals surface area contributed by atoms with E-state index >= 15 is 0 Å². The minimum atomic E-state index is -3.62. The second kappa shape index (κ2) is 9.47. The number of rotatable bonds is 6. The van der Waals surface area contributed by atoms with Crippen molar-refractivity contribution in [1.82, 2.24) is 9.21 Å². The summed E-state index contributed by atoms with van der Waals surface area (Å²) in [6, 6.07) is 4.95. The summed E-state index contributed by atoms with van der Waals surface area (Å²) in [5, 5.41) is 0. The summed E-state index contributed by atoms with van der Waals surface area (Å²) in [5.41, 5.74) is 0.337. The number of nitrogens with zero attached hydrogens (tertiary/aromatic N) is 2. The highest BCUT2D eigenvalue weighted by Crippen LogP contribution is 2.31. The molecular weight excluding hydrogens is 388 g/mol. The number of hydrogen-bond donors (Lipinski definition) is 0. The molecule has 0 unspecified atom stereocenters. The van der Waals surface area contributed by atoms with Gasteiger partial charge in [-0.1, -0.05) is 25.7 Å². The molecule has 1 heterocycles. The summed E-state index contributed by atoms with van der Waals surface area (Å²) in [7, 11) is -2.11. The van der Waals surface area contributed by atoms with Gasteiger partial charge in [0.1, 0.15) is 5.75 Å². The molecule has 1 aromatic rings. The SMILES string of the molecule is COc1ccc(S(=O)(=O)N2CCCCCC2)cc1C(=O)N(C(C)C)C1CCCC1. The van der Waals surface area contributed by atoms with Crippen LogP contribution in [0.3, 0.4) is 0 Å². The second-order valence-electron chi connectivity index (χ2n) is 8.42. The molecule has 0 radical (unpaired) electrons. The molecule has 1 saturated carbocycles. The number of sulfonamides is 1. The van der Waals surface area contributed by atoms with Crippen LogP contribution in [0, 0.1) is 0 Å². The molecule has 1 aromatic carbocycles. The average Bonchev–Trinajstić information content (AvgIpc) is 3.07. The quantitative estimate of drug-likeness (QED) is 0.694. The van der Waals surface area contributed by atoms with Gasteiger partial charge in [-0.25, -0.2) is 8.42 Å². The monoisotopic (exact) mass is 422 g/mol. The van der Waals surface area contributed by atoms with Crippen molar-refractivity contribution in [2.45, 2.75) is 82.2 Å². The lowest BCUT2D eigenvalue weighted by molar-refractivity contribution is 0.0609. The average molecular weight is 423 g/mol. The van der Waals surface area contributed by atoms with Crippen LogP contribution in [0.1, 0.15) is 75.6 Å². The van der Waals surface area contributed by atoms with Crippen molar-refractivity contribution in [1.29, 1.82) is 0 Å². The number of carbonyl (C=O) groups is 1. The van der Waals surface area contributed by atoms with Gasteiger partial charge >= 0.3 is 0 Å². The van der Waals surface area contributed by atoms with E-state index in [9.17, 15) is 13.2 Å². The van der Waals surface area contributed by atoms with Gasteiger partial charge in [-0.15, -0.1) is 0 Å². The number of carbonyl (C=O) groups excluding carboxylic acids is 1. The number of methoxy groups -OCH3 is 1. The van der Waals surface area contributed by atoms with Crippen molar-refractivity contribution in [3.05, 3.63) is 23.8 Å². The molecular formula is C22H34N2O4S. The van der Waals surface area contributed by atoms with Gasteiger partial charge in [0.25, 0.3) is 5.91 Å². The minimum absolute atomic E-state index is 0.0428. The molecule has 2 fully saturated rings. The minimum Gasteiger partial charge on any atom is -0.496 e. The van der Waals surface area contributed by atoms with E-state index in [4.69, 9.17) is 4.74 Å². The molecule has 0 aromatic heterocycles. The van der Waals surface area contributed by atoms with Crippen LogP contribution in [-0.2, 0) is 10.0 Å². The highest BCUT2D eigenvalue weighted by molar-refractivity contribution is 7.89. The Balaban J connectivity index is 1.96. The van der Waals surface area contributed by atoms with Gasteiger partial charge in [0.2, 0.25) is 10.0 Å². The van der Waals surface area contributed by atoms with Gasteiger partial charge in [0, 0.05) is 25.2 Å². The van der Waals surface area contributed by atoms with E-state index in [0.717, 1.165) is 51.4 Å². The molecule has 0 bridgehead atoms. The standard InChI is InChI=1S/C22H34N2O4S/c1-17(2)24(18-10-6-7-11-18)22(25)20-16-19(12-13-21(20)28-3)29(26,27)23-14-8-4-5-9-15-23/h12-13,16-18H,4-11,14-15H2,1-3H3. The normalized spacial score (nSPS) is 19.3. The molecule has 1 saturated heterocycles. The van der Waals surface area contributed by atoms with E-state index in [-0.39, 0.29) is 22.9 Å². The van der Waals surface area contributed by atoms with E-state index in [1.807, 2.05) is 18.7 Å². The molecule has 7 heteroatoms. The van der Waals surface area contributed by atoms with E-state index in [0.29, 0.717) is 24.4 Å². The fraction of sp³-hybridized carbons (Fsp3) is 0.682. The number of ether oxygens (including phenoxy) is 1. The van der Waals surface area contributed by atoms with Crippen LogP contribution in [0.5, 0.6) is 5.75 Å². The molecule has 2 aliphatic rings. The van der Waals surface area contributed by atoms with Crippen LogP contribution in [-0.4, -0.2) is 55.8 Å². The number of amides is 1.